The molecule has 1 fully saturated rings. The molecular weight excluding hydrogens is 354 g/mol. The number of likely N-dealkylation sites (tertiary alicyclic amines) is 1. The average Bonchev–Trinajstić information content (AvgIpc) is 2.39. The van der Waals surface area contributed by atoms with E-state index in [0.29, 0.717) is 6.42 Å². The number of piperidine rings is 1. The normalized spacial score (nSPS) is 29.5. The summed E-state index contributed by atoms with van der Waals surface area (Å²) in [4.78, 5) is 1.95. The van der Waals surface area contributed by atoms with Crippen LogP contribution in [0.15, 0.2) is 30.3 Å². The summed E-state index contributed by atoms with van der Waals surface area (Å²) >= 11 is 0. The van der Waals surface area contributed by atoms with Gasteiger partial charge in [0.2, 0.25) is 0 Å². The van der Waals surface area contributed by atoms with E-state index in [9.17, 15) is 16.8 Å². The lowest BCUT2D eigenvalue weighted by Crippen LogP contribution is -2.58. The molecule has 24 heavy (non-hydrogen) atoms. The maximum absolute atomic E-state index is 11.6. The molecule has 1 aliphatic heterocycles. The Hall–Kier alpha value is -1.00. The lowest BCUT2D eigenvalue weighted by molar-refractivity contribution is -0.0879. The highest BCUT2D eigenvalue weighted by molar-refractivity contribution is 7.86. The van der Waals surface area contributed by atoms with Gasteiger partial charge in [-0.25, -0.2) is 0 Å². The SMILES string of the molecule is CN1C[C@](C)(OS(C)(=O)=O)[C@H](OS(C)(=O)=O)C[C@H]1c1ccccc1. The van der Waals surface area contributed by atoms with E-state index in [1.807, 2.05) is 42.3 Å². The number of nitrogens with zero attached hydrogens (tertiary/aromatic N) is 1. The minimum absolute atomic E-state index is 0.103. The zero-order chi connectivity index (χ0) is 18.2. The van der Waals surface area contributed by atoms with Crippen LogP contribution < -0.4 is 0 Å². The van der Waals surface area contributed by atoms with Crippen molar-refractivity contribution in [1.82, 2.24) is 4.90 Å². The highest BCUT2D eigenvalue weighted by Crippen LogP contribution is 2.39. The molecule has 1 saturated heterocycles. The van der Waals surface area contributed by atoms with Crippen molar-refractivity contribution in [1.29, 1.82) is 0 Å². The van der Waals surface area contributed by atoms with Crippen molar-refractivity contribution in [3.05, 3.63) is 35.9 Å². The van der Waals surface area contributed by atoms with Crippen LogP contribution in [0.5, 0.6) is 0 Å². The minimum Gasteiger partial charge on any atom is -0.296 e. The third-order valence-electron chi connectivity index (χ3n) is 4.03. The Labute approximate surface area is 143 Å². The van der Waals surface area contributed by atoms with Gasteiger partial charge in [0, 0.05) is 12.6 Å². The number of hydrogen-bond acceptors (Lipinski definition) is 7. The Morgan fingerprint density at radius 1 is 1.08 bits per heavy atom. The fourth-order valence-electron chi connectivity index (χ4n) is 3.18. The van der Waals surface area contributed by atoms with Gasteiger partial charge in [0.15, 0.2) is 0 Å². The highest BCUT2D eigenvalue weighted by atomic mass is 32.2. The molecule has 136 valence electrons. The largest absolute Gasteiger partial charge is 0.296 e. The Balaban J connectivity index is 2.37. The van der Waals surface area contributed by atoms with E-state index in [1.54, 1.807) is 6.92 Å². The lowest BCUT2D eigenvalue weighted by atomic mass is 9.85. The van der Waals surface area contributed by atoms with Gasteiger partial charge in [-0.05, 0) is 26.0 Å². The van der Waals surface area contributed by atoms with E-state index in [-0.39, 0.29) is 12.6 Å². The van der Waals surface area contributed by atoms with Gasteiger partial charge in [-0.3, -0.25) is 13.3 Å². The molecule has 0 amide bonds. The molecule has 0 radical (unpaired) electrons. The molecule has 0 unspecified atom stereocenters. The molecule has 0 aliphatic carbocycles. The summed E-state index contributed by atoms with van der Waals surface area (Å²) in [6.45, 7) is 1.77. The number of benzene rings is 1. The summed E-state index contributed by atoms with van der Waals surface area (Å²) in [5, 5.41) is 0. The molecule has 7 nitrogen and oxygen atoms in total. The summed E-state index contributed by atoms with van der Waals surface area (Å²) < 4.78 is 56.9. The zero-order valence-corrected chi connectivity index (χ0v) is 15.8. The average molecular weight is 377 g/mol. The molecule has 9 heteroatoms. The molecule has 1 aliphatic rings. The molecule has 0 saturated carbocycles. The van der Waals surface area contributed by atoms with Crippen LogP contribution >= 0.6 is 0 Å². The molecule has 1 heterocycles. The van der Waals surface area contributed by atoms with Crippen LogP contribution in [0.25, 0.3) is 0 Å². The molecule has 0 spiro atoms. The highest BCUT2D eigenvalue weighted by Gasteiger charge is 2.48. The lowest BCUT2D eigenvalue weighted by Gasteiger charge is -2.47. The monoisotopic (exact) mass is 377 g/mol. The van der Waals surface area contributed by atoms with E-state index < -0.39 is 31.9 Å². The zero-order valence-electron chi connectivity index (χ0n) is 14.2. The smallest absolute Gasteiger partial charge is 0.265 e. The van der Waals surface area contributed by atoms with Crippen molar-refractivity contribution in [2.75, 3.05) is 26.1 Å². The first-order valence-electron chi connectivity index (χ1n) is 7.44. The molecule has 0 aromatic heterocycles. The van der Waals surface area contributed by atoms with Crippen LogP contribution in [0.2, 0.25) is 0 Å². The van der Waals surface area contributed by atoms with E-state index in [4.69, 9.17) is 8.37 Å². The minimum atomic E-state index is -3.78. The Morgan fingerprint density at radius 3 is 2.17 bits per heavy atom. The second-order valence-electron chi connectivity index (χ2n) is 6.47. The van der Waals surface area contributed by atoms with Gasteiger partial charge in [0.1, 0.15) is 11.7 Å². The van der Waals surface area contributed by atoms with E-state index >= 15 is 0 Å². The van der Waals surface area contributed by atoms with Gasteiger partial charge in [0.05, 0.1) is 12.5 Å². The van der Waals surface area contributed by atoms with Crippen molar-refractivity contribution in [3.63, 3.8) is 0 Å². The van der Waals surface area contributed by atoms with Crippen molar-refractivity contribution < 1.29 is 25.2 Å². The summed E-state index contributed by atoms with van der Waals surface area (Å²) in [5.74, 6) is 0. The van der Waals surface area contributed by atoms with Crippen LogP contribution in [0.3, 0.4) is 0 Å². The summed E-state index contributed by atoms with van der Waals surface area (Å²) in [5.41, 5.74) is -0.292. The van der Waals surface area contributed by atoms with Gasteiger partial charge in [-0.15, -0.1) is 0 Å². The van der Waals surface area contributed by atoms with Crippen LogP contribution in [-0.4, -0.2) is 59.5 Å². The number of rotatable bonds is 5. The first-order chi connectivity index (χ1) is 10.9. The van der Waals surface area contributed by atoms with Gasteiger partial charge >= 0.3 is 0 Å². The van der Waals surface area contributed by atoms with Gasteiger partial charge < -0.3 is 0 Å². The summed E-state index contributed by atoms with van der Waals surface area (Å²) in [6, 6.07) is 9.48. The third-order valence-corrected chi connectivity index (χ3v) is 5.30. The first kappa shape index (κ1) is 19.3. The molecule has 2 rings (SSSR count). The summed E-state index contributed by atoms with van der Waals surface area (Å²) in [7, 11) is -5.70. The van der Waals surface area contributed by atoms with E-state index in [1.165, 1.54) is 0 Å². The van der Waals surface area contributed by atoms with Crippen LogP contribution in [0.4, 0.5) is 0 Å². The third kappa shape index (κ3) is 5.00. The van der Waals surface area contributed by atoms with Crippen LogP contribution in [0, 0.1) is 0 Å². The Kier molecular flexibility index (Phi) is 5.41. The maximum Gasteiger partial charge on any atom is 0.265 e. The quantitative estimate of drug-likeness (QED) is 0.711. The second kappa shape index (κ2) is 6.72. The molecule has 0 N–H and O–H groups in total. The topological polar surface area (TPSA) is 90.0 Å². The molecule has 1 aromatic rings. The van der Waals surface area contributed by atoms with Crippen molar-refractivity contribution in [2.45, 2.75) is 31.1 Å². The number of hydrogen-bond donors (Lipinski definition) is 0. The molecular formula is C15H23NO6S2. The van der Waals surface area contributed by atoms with Crippen molar-refractivity contribution in [2.24, 2.45) is 0 Å². The molecule has 1 aromatic carbocycles. The van der Waals surface area contributed by atoms with Crippen molar-refractivity contribution >= 4 is 20.2 Å². The number of likely N-dealkylation sites (N-methyl/N-ethyl adjacent to an activating group) is 1. The van der Waals surface area contributed by atoms with Gasteiger partial charge in [-0.2, -0.15) is 16.8 Å². The van der Waals surface area contributed by atoms with Gasteiger partial charge in [0.25, 0.3) is 20.2 Å². The first-order valence-corrected chi connectivity index (χ1v) is 11.1. The predicted octanol–water partition coefficient (Wildman–Crippen LogP) is 1.14. The van der Waals surface area contributed by atoms with Gasteiger partial charge in [-0.1, -0.05) is 30.3 Å². The standard InChI is InChI=1S/C15H23NO6S2/c1-15(22-24(4,19)20)11-16(2)13(12-8-6-5-7-9-12)10-14(15)21-23(3,17)18/h5-9,13-14H,10-11H2,1-4H3/t13-,14+,15-/m0/s1. The second-order valence-corrected chi connectivity index (χ2v) is 9.64. The maximum atomic E-state index is 11.6. The van der Waals surface area contributed by atoms with Crippen molar-refractivity contribution in [3.8, 4) is 0 Å². The summed E-state index contributed by atoms with van der Waals surface area (Å²) in [6.07, 6.45) is 1.27. The fourth-order valence-corrected chi connectivity index (χ4v) is 4.74. The molecule has 0 bridgehead atoms. The van der Waals surface area contributed by atoms with Crippen LogP contribution in [0.1, 0.15) is 24.9 Å². The Morgan fingerprint density at radius 2 is 1.67 bits per heavy atom. The predicted molar refractivity (Wildman–Crippen MR) is 90.5 cm³/mol. The fraction of sp³-hybridized carbons (Fsp3) is 0.600. The van der Waals surface area contributed by atoms with E-state index in [0.717, 1.165) is 18.1 Å². The van der Waals surface area contributed by atoms with E-state index in [2.05, 4.69) is 0 Å². The van der Waals surface area contributed by atoms with Crippen LogP contribution in [-0.2, 0) is 28.6 Å². The Bertz CT molecular complexity index is 777. The molecule has 3 atom stereocenters.